The minimum atomic E-state index is 0.671. The van der Waals surface area contributed by atoms with Gasteiger partial charge in [-0.1, -0.05) is 84.9 Å². The fourth-order valence-corrected chi connectivity index (χ4v) is 6.63. The summed E-state index contributed by atoms with van der Waals surface area (Å²) in [5, 5.41) is 17.3. The molecule has 10 rings (SSSR count). The standard InChI is InChI=1S/C40H23N5O/c1-2-8-28(9-3-1)45-43-34-20-18-25-16-14-24-15-17-27(23-31(24)37(25)39(34)44-45)40-41-33-12-6-4-11-30(33)38(42-40)26-19-21-36-32(22-26)29-10-5-7-13-35(29)46-36/h1-23H. The molecule has 10 aromatic rings. The smallest absolute Gasteiger partial charge is 0.160 e. The molecule has 214 valence electrons. The number of aromatic nitrogens is 5. The molecule has 0 unspecified atom stereocenters. The monoisotopic (exact) mass is 589 g/mol. The van der Waals surface area contributed by atoms with E-state index >= 15 is 0 Å². The first-order valence-electron chi connectivity index (χ1n) is 15.2. The Labute approximate surface area is 262 Å². The molecule has 0 radical (unpaired) electrons. The molecule has 3 heterocycles. The first-order valence-corrected chi connectivity index (χ1v) is 15.2. The summed E-state index contributed by atoms with van der Waals surface area (Å²) in [6.07, 6.45) is 0. The zero-order valence-electron chi connectivity index (χ0n) is 24.4. The van der Waals surface area contributed by atoms with Crippen LogP contribution in [-0.4, -0.2) is 25.0 Å². The average Bonchev–Trinajstić information content (AvgIpc) is 3.73. The Hall–Kier alpha value is -6.40. The third-order valence-electron chi connectivity index (χ3n) is 8.85. The zero-order chi connectivity index (χ0) is 30.2. The SMILES string of the molecule is c1ccc(-n2nc3ccc4ccc5ccc(-c6nc(-c7ccc8oc9ccccc9c8c7)c7ccccc7n6)cc5c4c3n2)cc1. The Balaban J connectivity index is 1.19. The van der Waals surface area contributed by atoms with Crippen molar-refractivity contribution in [2.24, 2.45) is 0 Å². The highest BCUT2D eigenvalue weighted by molar-refractivity contribution is 6.19. The number of fused-ring (bicyclic) bond motifs is 9. The number of para-hydroxylation sites is 3. The molecule has 3 aromatic heterocycles. The second kappa shape index (κ2) is 9.55. The van der Waals surface area contributed by atoms with Gasteiger partial charge in [0, 0.05) is 32.7 Å². The predicted octanol–water partition coefficient (Wildman–Crippen LogP) is 9.90. The van der Waals surface area contributed by atoms with Gasteiger partial charge in [-0.05, 0) is 70.8 Å². The molecule has 0 amide bonds. The van der Waals surface area contributed by atoms with E-state index in [2.05, 4.69) is 66.7 Å². The first-order chi connectivity index (χ1) is 22.8. The van der Waals surface area contributed by atoms with E-state index in [9.17, 15) is 0 Å². The van der Waals surface area contributed by atoms with Crippen molar-refractivity contribution in [1.29, 1.82) is 0 Å². The Morgan fingerprint density at radius 2 is 1.20 bits per heavy atom. The van der Waals surface area contributed by atoms with Crippen molar-refractivity contribution in [2.75, 3.05) is 0 Å². The van der Waals surface area contributed by atoms with Gasteiger partial charge in [-0.15, -0.1) is 10.2 Å². The van der Waals surface area contributed by atoms with E-state index < -0.39 is 0 Å². The Bertz CT molecular complexity index is 2820. The third-order valence-corrected chi connectivity index (χ3v) is 8.85. The topological polar surface area (TPSA) is 69.6 Å². The predicted molar refractivity (Wildman–Crippen MR) is 185 cm³/mol. The van der Waals surface area contributed by atoms with Gasteiger partial charge < -0.3 is 4.42 Å². The number of nitrogens with zero attached hydrogens (tertiary/aromatic N) is 5. The van der Waals surface area contributed by atoms with Gasteiger partial charge in [-0.2, -0.15) is 4.80 Å². The lowest BCUT2D eigenvalue weighted by atomic mass is 9.98. The third kappa shape index (κ3) is 3.77. The normalized spacial score (nSPS) is 11.9. The average molecular weight is 590 g/mol. The minimum absolute atomic E-state index is 0.671. The fraction of sp³-hybridized carbons (Fsp3) is 0. The lowest BCUT2D eigenvalue weighted by molar-refractivity contribution is 0.669. The summed E-state index contributed by atoms with van der Waals surface area (Å²) in [6, 6.07) is 47.6. The van der Waals surface area contributed by atoms with Gasteiger partial charge in [-0.3, -0.25) is 0 Å². The van der Waals surface area contributed by atoms with Crippen LogP contribution < -0.4 is 0 Å². The molecule has 0 bridgehead atoms. The van der Waals surface area contributed by atoms with Crippen molar-refractivity contribution in [3.8, 4) is 28.3 Å². The summed E-state index contributed by atoms with van der Waals surface area (Å²) in [5.74, 6) is 0.671. The fourth-order valence-electron chi connectivity index (χ4n) is 6.63. The maximum atomic E-state index is 6.11. The van der Waals surface area contributed by atoms with Crippen LogP contribution in [0.1, 0.15) is 0 Å². The molecule has 0 aliphatic carbocycles. The van der Waals surface area contributed by atoms with E-state index in [0.717, 1.165) is 87.9 Å². The molecule has 46 heavy (non-hydrogen) atoms. The Kier molecular flexibility index (Phi) is 5.19. The molecule has 0 saturated carbocycles. The van der Waals surface area contributed by atoms with Crippen LogP contribution in [0.15, 0.2) is 144 Å². The van der Waals surface area contributed by atoms with Gasteiger partial charge in [0.15, 0.2) is 5.82 Å². The molecule has 0 saturated heterocycles. The zero-order valence-corrected chi connectivity index (χ0v) is 24.4. The maximum Gasteiger partial charge on any atom is 0.160 e. The maximum absolute atomic E-state index is 6.11. The molecule has 6 heteroatoms. The van der Waals surface area contributed by atoms with Gasteiger partial charge >= 0.3 is 0 Å². The van der Waals surface area contributed by atoms with Crippen molar-refractivity contribution in [3.63, 3.8) is 0 Å². The quantitative estimate of drug-likeness (QED) is 0.192. The van der Waals surface area contributed by atoms with Crippen molar-refractivity contribution in [2.45, 2.75) is 0 Å². The number of furan rings is 1. The summed E-state index contributed by atoms with van der Waals surface area (Å²) in [4.78, 5) is 12.0. The van der Waals surface area contributed by atoms with Crippen LogP contribution in [0.4, 0.5) is 0 Å². The second-order valence-electron chi connectivity index (χ2n) is 11.6. The van der Waals surface area contributed by atoms with Crippen molar-refractivity contribution >= 4 is 65.4 Å². The largest absolute Gasteiger partial charge is 0.456 e. The molecule has 7 aromatic carbocycles. The van der Waals surface area contributed by atoms with Crippen molar-refractivity contribution in [1.82, 2.24) is 25.0 Å². The van der Waals surface area contributed by atoms with Gasteiger partial charge in [0.25, 0.3) is 0 Å². The van der Waals surface area contributed by atoms with Gasteiger partial charge in [0.2, 0.25) is 0 Å². The van der Waals surface area contributed by atoms with Crippen molar-refractivity contribution < 1.29 is 4.42 Å². The lowest BCUT2D eigenvalue weighted by Gasteiger charge is -2.11. The highest BCUT2D eigenvalue weighted by Crippen LogP contribution is 2.37. The van der Waals surface area contributed by atoms with E-state index in [1.165, 1.54) is 0 Å². The van der Waals surface area contributed by atoms with E-state index in [4.69, 9.17) is 24.6 Å². The summed E-state index contributed by atoms with van der Waals surface area (Å²) < 4.78 is 6.11. The van der Waals surface area contributed by atoms with Crippen LogP contribution in [-0.2, 0) is 0 Å². The van der Waals surface area contributed by atoms with Crippen LogP contribution >= 0.6 is 0 Å². The second-order valence-corrected chi connectivity index (χ2v) is 11.6. The molecule has 0 atom stereocenters. The minimum Gasteiger partial charge on any atom is -0.456 e. The molecule has 0 spiro atoms. The van der Waals surface area contributed by atoms with E-state index in [0.29, 0.717) is 5.82 Å². The van der Waals surface area contributed by atoms with Crippen LogP contribution in [0.5, 0.6) is 0 Å². The van der Waals surface area contributed by atoms with Crippen LogP contribution in [0.3, 0.4) is 0 Å². The van der Waals surface area contributed by atoms with E-state index in [1.54, 1.807) is 4.80 Å². The first kappa shape index (κ1) is 25.0. The highest BCUT2D eigenvalue weighted by atomic mass is 16.3. The van der Waals surface area contributed by atoms with E-state index in [-0.39, 0.29) is 0 Å². The molecule has 0 aliphatic heterocycles. The van der Waals surface area contributed by atoms with Crippen LogP contribution in [0.25, 0.3) is 93.8 Å². The summed E-state index contributed by atoms with van der Waals surface area (Å²) in [5.41, 5.74) is 8.12. The molecule has 0 fully saturated rings. The summed E-state index contributed by atoms with van der Waals surface area (Å²) in [7, 11) is 0. The lowest BCUT2D eigenvalue weighted by Crippen LogP contribution is -1.97. The number of hydrogen-bond acceptors (Lipinski definition) is 5. The molecule has 0 aliphatic rings. The highest BCUT2D eigenvalue weighted by Gasteiger charge is 2.16. The summed E-state index contributed by atoms with van der Waals surface area (Å²) >= 11 is 0. The van der Waals surface area contributed by atoms with Gasteiger partial charge in [0.05, 0.1) is 16.9 Å². The molecular weight excluding hydrogens is 566 g/mol. The van der Waals surface area contributed by atoms with Gasteiger partial charge in [-0.25, -0.2) is 9.97 Å². The van der Waals surface area contributed by atoms with Crippen molar-refractivity contribution in [3.05, 3.63) is 140 Å². The molecular formula is C40H23N5O. The van der Waals surface area contributed by atoms with Crippen LogP contribution in [0.2, 0.25) is 0 Å². The van der Waals surface area contributed by atoms with Gasteiger partial charge in [0.1, 0.15) is 22.2 Å². The van der Waals surface area contributed by atoms with E-state index in [1.807, 2.05) is 72.8 Å². The Morgan fingerprint density at radius 1 is 0.478 bits per heavy atom. The number of rotatable bonds is 3. The summed E-state index contributed by atoms with van der Waals surface area (Å²) in [6.45, 7) is 0. The molecule has 6 nitrogen and oxygen atoms in total. The number of hydrogen-bond donors (Lipinski definition) is 0. The van der Waals surface area contributed by atoms with Crippen LogP contribution in [0, 0.1) is 0 Å². The molecule has 0 N–H and O–H groups in total. The number of benzene rings is 7. The Morgan fingerprint density at radius 3 is 2.13 bits per heavy atom.